The van der Waals surface area contributed by atoms with Gasteiger partial charge in [-0.3, -0.25) is 9.58 Å². The zero-order valence-corrected chi connectivity index (χ0v) is 15.1. The number of halogens is 1. The molecular weight excluding hydrogens is 320 g/mol. The second kappa shape index (κ2) is 6.96. The molecule has 4 nitrogen and oxygen atoms in total. The summed E-state index contributed by atoms with van der Waals surface area (Å²) in [6, 6.07) is 12.8. The quantitative estimate of drug-likeness (QED) is 0.851. The van der Waals surface area contributed by atoms with Crippen LogP contribution in [0.15, 0.2) is 30.3 Å². The fraction of sp³-hybridized carbons (Fsp3) is 0.474. The Bertz CT molecular complexity index is 737. The summed E-state index contributed by atoms with van der Waals surface area (Å²) in [6.45, 7) is 4.72. The maximum absolute atomic E-state index is 9.80. The number of piperidine rings is 1. The largest absolute Gasteiger partial charge is 0.299 e. The molecule has 2 heterocycles. The Morgan fingerprint density at radius 1 is 1.25 bits per heavy atom. The first-order chi connectivity index (χ1) is 11.6. The van der Waals surface area contributed by atoms with Crippen molar-refractivity contribution in [2.45, 2.75) is 38.1 Å². The monoisotopic (exact) mass is 342 g/mol. The van der Waals surface area contributed by atoms with Gasteiger partial charge >= 0.3 is 0 Å². The molecule has 0 bridgehead atoms. The van der Waals surface area contributed by atoms with Crippen LogP contribution in [0.25, 0.3) is 0 Å². The van der Waals surface area contributed by atoms with Crippen LogP contribution in [0.5, 0.6) is 0 Å². The number of nitriles is 1. The number of aryl methyl sites for hydroxylation is 2. The van der Waals surface area contributed by atoms with E-state index in [1.54, 1.807) is 4.68 Å². The van der Waals surface area contributed by atoms with E-state index in [9.17, 15) is 5.26 Å². The van der Waals surface area contributed by atoms with Crippen LogP contribution < -0.4 is 0 Å². The van der Waals surface area contributed by atoms with Crippen LogP contribution in [-0.4, -0.2) is 27.8 Å². The van der Waals surface area contributed by atoms with E-state index < -0.39 is 0 Å². The minimum atomic E-state index is -0.357. The molecule has 1 saturated heterocycles. The van der Waals surface area contributed by atoms with Gasteiger partial charge in [-0.05, 0) is 24.8 Å². The fourth-order valence-corrected chi connectivity index (χ4v) is 3.79. The van der Waals surface area contributed by atoms with Gasteiger partial charge in [0.1, 0.15) is 5.15 Å². The molecule has 24 heavy (non-hydrogen) atoms. The Balaban J connectivity index is 1.73. The standard InChI is InChI=1S/C19H23ClN4/c1-3-17-16(18(20)23(2)22-17)13-24-11-9-19(14-21,10-12-24)15-7-5-4-6-8-15/h4-8H,3,9-13H2,1-2H3. The first kappa shape index (κ1) is 17.0. The van der Waals surface area contributed by atoms with E-state index in [0.29, 0.717) is 0 Å². The van der Waals surface area contributed by atoms with Crippen LogP contribution >= 0.6 is 11.6 Å². The van der Waals surface area contributed by atoms with Crippen LogP contribution in [0, 0.1) is 11.3 Å². The summed E-state index contributed by atoms with van der Waals surface area (Å²) in [4.78, 5) is 2.39. The van der Waals surface area contributed by atoms with Gasteiger partial charge in [0.25, 0.3) is 0 Å². The Kier molecular flexibility index (Phi) is 4.93. The lowest BCUT2D eigenvalue weighted by atomic mass is 9.74. The molecular formula is C19H23ClN4. The molecule has 3 rings (SSSR count). The van der Waals surface area contributed by atoms with Crippen LogP contribution in [0.4, 0.5) is 0 Å². The van der Waals surface area contributed by atoms with Gasteiger partial charge in [-0.15, -0.1) is 0 Å². The predicted molar refractivity (Wildman–Crippen MR) is 95.8 cm³/mol. The van der Waals surface area contributed by atoms with Crippen molar-refractivity contribution in [1.29, 1.82) is 5.26 Å². The summed E-state index contributed by atoms with van der Waals surface area (Å²) in [5.41, 5.74) is 2.98. The van der Waals surface area contributed by atoms with Crippen molar-refractivity contribution in [3.8, 4) is 6.07 Å². The second-order valence-corrected chi connectivity index (χ2v) is 6.89. The molecule has 0 N–H and O–H groups in total. The molecule has 0 saturated carbocycles. The molecule has 0 atom stereocenters. The van der Waals surface area contributed by atoms with Crippen LogP contribution in [0.2, 0.25) is 5.15 Å². The first-order valence-corrected chi connectivity index (χ1v) is 8.87. The molecule has 0 aliphatic carbocycles. The van der Waals surface area contributed by atoms with Crippen molar-refractivity contribution in [3.05, 3.63) is 52.3 Å². The third-order valence-corrected chi connectivity index (χ3v) is 5.59. The first-order valence-electron chi connectivity index (χ1n) is 8.49. The van der Waals surface area contributed by atoms with Crippen molar-refractivity contribution < 1.29 is 0 Å². The molecule has 5 heteroatoms. The van der Waals surface area contributed by atoms with E-state index in [4.69, 9.17) is 11.6 Å². The van der Waals surface area contributed by atoms with E-state index in [0.717, 1.165) is 60.9 Å². The number of likely N-dealkylation sites (tertiary alicyclic amines) is 1. The fourth-order valence-electron chi connectivity index (χ4n) is 3.58. The Labute approximate surface area is 148 Å². The molecule has 0 unspecified atom stereocenters. The van der Waals surface area contributed by atoms with Gasteiger partial charge in [0.2, 0.25) is 0 Å². The minimum Gasteiger partial charge on any atom is -0.299 e. The number of nitrogens with zero attached hydrogens (tertiary/aromatic N) is 4. The summed E-state index contributed by atoms with van der Waals surface area (Å²) in [5.74, 6) is 0. The van der Waals surface area contributed by atoms with Crippen LogP contribution in [-0.2, 0) is 25.4 Å². The normalized spacial score (nSPS) is 17.6. The molecule has 1 aromatic carbocycles. The van der Waals surface area contributed by atoms with E-state index in [2.05, 4.69) is 35.1 Å². The molecule has 1 fully saturated rings. The van der Waals surface area contributed by atoms with Crippen molar-refractivity contribution in [3.63, 3.8) is 0 Å². The number of hydrogen-bond donors (Lipinski definition) is 0. The molecule has 0 amide bonds. The van der Waals surface area contributed by atoms with Crippen molar-refractivity contribution in [2.24, 2.45) is 7.05 Å². The van der Waals surface area contributed by atoms with E-state index in [1.807, 2.05) is 25.2 Å². The average molecular weight is 343 g/mol. The Morgan fingerprint density at radius 2 is 1.92 bits per heavy atom. The SMILES string of the molecule is CCc1nn(C)c(Cl)c1CN1CCC(C#N)(c2ccccc2)CC1. The maximum Gasteiger partial charge on any atom is 0.131 e. The van der Waals surface area contributed by atoms with E-state index in [-0.39, 0.29) is 5.41 Å². The highest BCUT2D eigenvalue weighted by atomic mass is 35.5. The topological polar surface area (TPSA) is 44.9 Å². The lowest BCUT2D eigenvalue weighted by molar-refractivity contribution is 0.178. The molecule has 126 valence electrons. The van der Waals surface area contributed by atoms with E-state index in [1.165, 1.54) is 0 Å². The van der Waals surface area contributed by atoms with Gasteiger partial charge in [-0.2, -0.15) is 10.4 Å². The molecule has 1 aliphatic heterocycles. The van der Waals surface area contributed by atoms with Crippen molar-refractivity contribution in [2.75, 3.05) is 13.1 Å². The van der Waals surface area contributed by atoms with Crippen molar-refractivity contribution in [1.82, 2.24) is 14.7 Å². The second-order valence-electron chi connectivity index (χ2n) is 6.53. The lowest BCUT2D eigenvalue weighted by Crippen LogP contribution is -2.41. The van der Waals surface area contributed by atoms with E-state index >= 15 is 0 Å². The molecule has 0 radical (unpaired) electrons. The average Bonchev–Trinajstić information content (AvgIpc) is 2.91. The smallest absolute Gasteiger partial charge is 0.131 e. The van der Waals surface area contributed by atoms with Gasteiger partial charge in [-0.1, -0.05) is 48.9 Å². The van der Waals surface area contributed by atoms with Crippen molar-refractivity contribution >= 4 is 11.6 Å². The highest BCUT2D eigenvalue weighted by Crippen LogP contribution is 2.35. The Hall–Kier alpha value is -1.83. The van der Waals surface area contributed by atoms with Gasteiger partial charge in [0, 0.05) is 32.2 Å². The van der Waals surface area contributed by atoms with Crippen LogP contribution in [0.3, 0.4) is 0 Å². The molecule has 2 aromatic rings. The molecule has 0 spiro atoms. The highest BCUT2D eigenvalue weighted by molar-refractivity contribution is 6.30. The summed E-state index contributed by atoms with van der Waals surface area (Å²) in [7, 11) is 1.89. The zero-order chi connectivity index (χ0) is 17.2. The summed E-state index contributed by atoms with van der Waals surface area (Å²) < 4.78 is 1.75. The lowest BCUT2D eigenvalue weighted by Gasteiger charge is -2.37. The molecule has 1 aliphatic rings. The van der Waals surface area contributed by atoms with Gasteiger partial charge in [-0.25, -0.2) is 0 Å². The number of benzene rings is 1. The number of hydrogen-bond acceptors (Lipinski definition) is 3. The summed E-state index contributed by atoms with van der Waals surface area (Å²) >= 11 is 6.41. The third kappa shape index (κ3) is 3.07. The summed E-state index contributed by atoms with van der Waals surface area (Å²) in [5, 5.41) is 15.0. The number of aromatic nitrogens is 2. The highest BCUT2D eigenvalue weighted by Gasteiger charge is 2.36. The van der Waals surface area contributed by atoms with Gasteiger partial charge in [0.15, 0.2) is 0 Å². The number of rotatable bonds is 4. The van der Waals surface area contributed by atoms with Gasteiger partial charge < -0.3 is 0 Å². The van der Waals surface area contributed by atoms with Gasteiger partial charge in [0.05, 0.1) is 17.2 Å². The zero-order valence-electron chi connectivity index (χ0n) is 14.3. The summed E-state index contributed by atoms with van der Waals surface area (Å²) in [6.07, 6.45) is 2.59. The Morgan fingerprint density at radius 3 is 2.50 bits per heavy atom. The molecule has 1 aromatic heterocycles. The predicted octanol–water partition coefficient (Wildman–Crippen LogP) is 3.69. The minimum absolute atomic E-state index is 0.357. The van der Waals surface area contributed by atoms with Crippen LogP contribution in [0.1, 0.15) is 36.6 Å². The third-order valence-electron chi connectivity index (χ3n) is 5.12. The maximum atomic E-state index is 9.80.